The molecule has 0 aliphatic heterocycles. The molecule has 0 unspecified atom stereocenters. The molecule has 1 heterocycles. The molecule has 2 amide bonds. The fourth-order valence-corrected chi connectivity index (χ4v) is 8.89. The number of benzene rings is 2. The van der Waals surface area contributed by atoms with E-state index in [1.54, 1.807) is 43.3 Å². The number of methoxy groups -OCH3 is 1. The molecule has 0 aliphatic rings. The third-order valence-electron chi connectivity index (χ3n) is 8.91. The highest BCUT2D eigenvalue weighted by Gasteiger charge is 2.45. The Morgan fingerprint density at radius 1 is 1.18 bits per heavy atom. The second-order valence-corrected chi connectivity index (χ2v) is 19.3. The molecule has 0 radical (unpaired) electrons. The number of rotatable bonds is 18. The van der Waals surface area contributed by atoms with Crippen LogP contribution in [-0.4, -0.2) is 67.4 Å². The van der Waals surface area contributed by atoms with E-state index in [1.807, 2.05) is 0 Å². The molecule has 0 bridgehead atoms. The van der Waals surface area contributed by atoms with Gasteiger partial charge in [0.2, 0.25) is 11.8 Å². The number of aryl methyl sites for hydroxylation is 1. The van der Waals surface area contributed by atoms with Crippen molar-refractivity contribution in [2.24, 2.45) is 5.92 Å². The number of aliphatic hydroxyl groups excluding tert-OH is 1. The van der Waals surface area contributed by atoms with Crippen molar-refractivity contribution >= 4 is 53.8 Å². The number of aliphatic hydroxyl groups is 1. The molecule has 12 nitrogen and oxygen atoms in total. The van der Waals surface area contributed by atoms with Crippen molar-refractivity contribution in [2.75, 3.05) is 26.0 Å². The smallest absolute Gasteiger partial charge is 0.340 e. The van der Waals surface area contributed by atoms with E-state index in [0.29, 0.717) is 38.8 Å². The van der Waals surface area contributed by atoms with Crippen molar-refractivity contribution in [3.63, 3.8) is 0 Å². The molecule has 0 saturated heterocycles. The SMILES string of the molecule is C=CCOC(=O)c1c(Br)c(OC)cc(O[Si](C)(C)C(C)(C)C(C)C)c1CSC[C@H](NC(=O)CNC(=O)[C@H](O)c1ccccc1)c1nc(C)no1. The number of ether oxygens (including phenoxy) is 2. The maximum atomic E-state index is 13.5. The molecular formula is C35H47BrN4O8SSi. The van der Waals surface area contributed by atoms with Gasteiger partial charge in [-0.05, 0) is 52.5 Å². The van der Waals surface area contributed by atoms with Crippen molar-refractivity contribution in [3.05, 3.63) is 81.9 Å². The van der Waals surface area contributed by atoms with Gasteiger partial charge in [-0.2, -0.15) is 16.7 Å². The van der Waals surface area contributed by atoms with Crippen molar-refractivity contribution in [1.29, 1.82) is 0 Å². The Morgan fingerprint density at radius 3 is 2.44 bits per heavy atom. The molecule has 0 saturated carbocycles. The van der Waals surface area contributed by atoms with E-state index < -0.39 is 44.8 Å². The summed E-state index contributed by atoms with van der Waals surface area (Å²) in [4.78, 5) is 43.4. The van der Waals surface area contributed by atoms with Gasteiger partial charge in [0.15, 0.2) is 11.9 Å². The van der Waals surface area contributed by atoms with Crippen molar-refractivity contribution in [3.8, 4) is 11.5 Å². The number of nitrogens with one attached hydrogen (secondary N) is 2. The van der Waals surface area contributed by atoms with Crippen molar-refractivity contribution in [1.82, 2.24) is 20.8 Å². The second-order valence-electron chi connectivity index (χ2n) is 13.0. The van der Waals surface area contributed by atoms with Gasteiger partial charge in [0.25, 0.3) is 14.2 Å². The first kappa shape index (κ1) is 40.8. The maximum absolute atomic E-state index is 13.5. The number of carbonyl (C=O) groups is 3. The number of hydrogen-bond donors (Lipinski definition) is 3. The van der Waals surface area contributed by atoms with Crippen LogP contribution in [0.4, 0.5) is 0 Å². The van der Waals surface area contributed by atoms with Gasteiger partial charge < -0.3 is 34.2 Å². The summed E-state index contributed by atoms with van der Waals surface area (Å²) in [5.41, 5.74) is 1.25. The molecule has 0 aliphatic carbocycles. The summed E-state index contributed by atoms with van der Waals surface area (Å²) in [7, 11) is -0.958. The predicted molar refractivity (Wildman–Crippen MR) is 199 cm³/mol. The molecule has 0 fully saturated rings. The number of halogens is 1. The van der Waals surface area contributed by atoms with E-state index in [1.165, 1.54) is 24.9 Å². The van der Waals surface area contributed by atoms with Gasteiger partial charge in [-0.3, -0.25) is 9.59 Å². The van der Waals surface area contributed by atoms with Crippen LogP contribution >= 0.6 is 27.7 Å². The molecule has 3 N–H and O–H groups in total. The fraction of sp³-hybridized carbons (Fsp3) is 0.457. The average molecular weight is 792 g/mol. The third-order valence-corrected chi connectivity index (χ3v) is 15.2. The zero-order chi connectivity index (χ0) is 37.2. The van der Waals surface area contributed by atoms with Crippen LogP contribution in [0.15, 0.2) is 58.0 Å². The molecule has 15 heteroatoms. The first-order valence-corrected chi connectivity index (χ1v) is 20.9. The van der Waals surface area contributed by atoms with E-state index in [0.717, 1.165) is 0 Å². The van der Waals surface area contributed by atoms with E-state index >= 15 is 0 Å². The molecule has 2 aromatic carbocycles. The van der Waals surface area contributed by atoms with Crippen LogP contribution in [0, 0.1) is 12.8 Å². The van der Waals surface area contributed by atoms with Gasteiger partial charge >= 0.3 is 5.97 Å². The Kier molecular flexibility index (Phi) is 14.7. The fourth-order valence-electron chi connectivity index (χ4n) is 4.76. The van der Waals surface area contributed by atoms with E-state index in [4.69, 9.17) is 18.4 Å². The van der Waals surface area contributed by atoms with Gasteiger partial charge in [-0.1, -0.05) is 75.8 Å². The Hall–Kier alpha value is -3.66. The highest BCUT2D eigenvalue weighted by molar-refractivity contribution is 9.10. The average Bonchev–Trinajstić information content (AvgIpc) is 3.52. The van der Waals surface area contributed by atoms with Gasteiger partial charge in [0.1, 0.15) is 24.1 Å². The summed E-state index contributed by atoms with van der Waals surface area (Å²) in [6.45, 7) is 17.9. The highest BCUT2D eigenvalue weighted by atomic mass is 79.9. The Bertz CT molecular complexity index is 1650. The second kappa shape index (κ2) is 18.0. The number of thioether (sulfide) groups is 1. The lowest BCUT2D eigenvalue weighted by Crippen LogP contribution is -2.48. The Morgan fingerprint density at radius 2 is 1.86 bits per heavy atom. The van der Waals surface area contributed by atoms with Gasteiger partial charge in [-0.25, -0.2) is 4.79 Å². The molecule has 1 aromatic heterocycles. The predicted octanol–water partition coefficient (Wildman–Crippen LogP) is 6.45. The molecule has 2 atom stereocenters. The molecule has 3 aromatic rings. The summed E-state index contributed by atoms with van der Waals surface area (Å²) < 4.78 is 23.9. The number of amides is 2. The van der Waals surface area contributed by atoms with Gasteiger partial charge in [-0.15, -0.1) is 0 Å². The summed E-state index contributed by atoms with van der Waals surface area (Å²) in [6.07, 6.45) is 0.0596. The van der Waals surface area contributed by atoms with Crippen LogP contribution in [0.3, 0.4) is 0 Å². The lowest BCUT2D eigenvalue weighted by molar-refractivity contribution is -0.132. The van der Waals surface area contributed by atoms with E-state index in [2.05, 4.69) is 84.1 Å². The minimum Gasteiger partial charge on any atom is -0.543 e. The monoisotopic (exact) mass is 790 g/mol. The zero-order valence-corrected chi connectivity index (χ0v) is 33.2. The van der Waals surface area contributed by atoms with Crippen molar-refractivity contribution in [2.45, 2.75) is 70.6 Å². The summed E-state index contributed by atoms with van der Waals surface area (Å²) in [5.74, 6) is 0.475. The number of hydrogen-bond acceptors (Lipinski definition) is 11. The van der Waals surface area contributed by atoms with Gasteiger partial charge in [0, 0.05) is 23.1 Å². The highest BCUT2D eigenvalue weighted by Crippen LogP contribution is 2.47. The van der Waals surface area contributed by atoms with Crippen LogP contribution in [0.1, 0.15) is 73.0 Å². The van der Waals surface area contributed by atoms with Crippen LogP contribution in [0.5, 0.6) is 11.5 Å². The largest absolute Gasteiger partial charge is 0.543 e. The Balaban J connectivity index is 1.89. The minimum absolute atomic E-state index is 0.00934. The van der Waals surface area contributed by atoms with Crippen molar-refractivity contribution < 1.29 is 37.9 Å². The lowest BCUT2D eigenvalue weighted by Gasteiger charge is -2.43. The van der Waals surface area contributed by atoms with E-state index in [-0.39, 0.29) is 34.6 Å². The first-order valence-electron chi connectivity index (χ1n) is 16.1. The summed E-state index contributed by atoms with van der Waals surface area (Å²) in [5, 5.41) is 19.4. The molecule has 50 heavy (non-hydrogen) atoms. The number of nitrogens with zero attached hydrogens (tertiary/aromatic N) is 2. The molecule has 272 valence electrons. The number of esters is 1. The van der Waals surface area contributed by atoms with E-state index in [9.17, 15) is 19.5 Å². The number of aromatic nitrogens is 2. The topological polar surface area (TPSA) is 162 Å². The molecular weight excluding hydrogens is 744 g/mol. The quantitative estimate of drug-likeness (QED) is 0.0738. The summed E-state index contributed by atoms with van der Waals surface area (Å²) >= 11 is 4.96. The maximum Gasteiger partial charge on any atom is 0.340 e. The van der Waals surface area contributed by atoms with Gasteiger partial charge in [0.05, 0.1) is 23.7 Å². The standard InChI is InChI=1S/C35H47BrN4O8SSi/c1-10-16-46-34(44)29-24(26(17-27(45-7)30(29)36)48-50(8,9)35(5,6)21(2)3)19-49-20-25(33-38-22(4)40-47-33)39-28(41)18-37-32(43)31(42)23-14-12-11-13-15-23/h10-15,17,21,25,31,42H,1,16,18-20H2,2-9H3,(H,37,43)(H,39,41)/t25-,31+/m0/s1. The molecule has 0 spiro atoms. The third kappa shape index (κ3) is 10.2. The minimum atomic E-state index is -2.47. The Labute approximate surface area is 307 Å². The zero-order valence-electron chi connectivity index (χ0n) is 29.8. The number of carbonyl (C=O) groups excluding carboxylic acids is 3. The van der Waals surface area contributed by atoms with Crippen LogP contribution in [0.25, 0.3) is 0 Å². The first-order chi connectivity index (χ1) is 23.5. The van der Waals surface area contributed by atoms with Crippen LogP contribution in [0.2, 0.25) is 18.1 Å². The normalized spacial score (nSPS) is 12.9. The van der Waals surface area contributed by atoms with Crippen LogP contribution in [-0.2, 0) is 20.1 Å². The molecule has 3 rings (SSSR count). The lowest BCUT2D eigenvalue weighted by atomic mass is 9.99. The summed E-state index contributed by atoms with van der Waals surface area (Å²) in [6, 6.07) is 9.44. The van der Waals surface area contributed by atoms with Crippen LogP contribution < -0.4 is 19.8 Å².